The van der Waals surface area contributed by atoms with Crippen LogP contribution in [0.4, 0.5) is 0 Å². The Morgan fingerprint density at radius 2 is 2.29 bits per heavy atom. The number of para-hydroxylation sites is 1. The minimum absolute atomic E-state index is 0.251. The standard InChI is InChI=1S/C11H14N2O/c1-2-3-7-10-12-8-5-4-6-9(14)11(8)13-10/h4-6,14H,2-3,7H2,1H3,(H,12,13). The van der Waals surface area contributed by atoms with Crippen LogP contribution in [0.25, 0.3) is 11.0 Å². The van der Waals surface area contributed by atoms with Crippen LogP contribution < -0.4 is 0 Å². The van der Waals surface area contributed by atoms with E-state index < -0.39 is 0 Å². The molecule has 2 N–H and O–H groups in total. The molecule has 14 heavy (non-hydrogen) atoms. The first-order valence-corrected chi connectivity index (χ1v) is 4.98. The van der Waals surface area contributed by atoms with E-state index >= 15 is 0 Å². The van der Waals surface area contributed by atoms with Crippen LogP contribution >= 0.6 is 0 Å². The van der Waals surface area contributed by atoms with E-state index in [9.17, 15) is 5.11 Å². The number of aryl methyl sites for hydroxylation is 1. The highest BCUT2D eigenvalue weighted by atomic mass is 16.3. The maximum Gasteiger partial charge on any atom is 0.143 e. The summed E-state index contributed by atoms with van der Waals surface area (Å²) < 4.78 is 0. The molecule has 2 aromatic rings. The molecule has 0 saturated heterocycles. The molecule has 0 aliphatic heterocycles. The number of nitrogens with zero attached hydrogens (tertiary/aromatic N) is 1. The number of rotatable bonds is 3. The Hall–Kier alpha value is -1.51. The van der Waals surface area contributed by atoms with Crippen molar-refractivity contribution in [1.29, 1.82) is 0 Å². The van der Waals surface area contributed by atoms with Crippen molar-refractivity contribution in [2.75, 3.05) is 0 Å². The summed E-state index contributed by atoms with van der Waals surface area (Å²) in [4.78, 5) is 7.54. The van der Waals surface area contributed by atoms with Gasteiger partial charge in [0, 0.05) is 6.42 Å². The molecule has 74 valence electrons. The highest BCUT2D eigenvalue weighted by Crippen LogP contribution is 2.22. The maximum atomic E-state index is 9.53. The van der Waals surface area contributed by atoms with Gasteiger partial charge in [0.05, 0.1) is 5.52 Å². The van der Waals surface area contributed by atoms with Gasteiger partial charge in [0.15, 0.2) is 0 Å². The lowest BCUT2D eigenvalue weighted by Gasteiger charge is -1.90. The van der Waals surface area contributed by atoms with Gasteiger partial charge in [-0.15, -0.1) is 0 Å². The van der Waals surface area contributed by atoms with Gasteiger partial charge in [-0.3, -0.25) is 0 Å². The molecule has 0 aliphatic rings. The number of H-pyrrole nitrogens is 1. The van der Waals surface area contributed by atoms with Gasteiger partial charge in [-0.25, -0.2) is 4.98 Å². The normalized spacial score (nSPS) is 10.9. The van der Waals surface area contributed by atoms with Crippen LogP contribution in [0.15, 0.2) is 18.2 Å². The van der Waals surface area contributed by atoms with Crippen molar-refractivity contribution in [3.05, 3.63) is 24.0 Å². The number of hydrogen-bond donors (Lipinski definition) is 2. The molecule has 0 saturated carbocycles. The molecular weight excluding hydrogens is 176 g/mol. The second-order valence-corrected chi connectivity index (χ2v) is 3.46. The van der Waals surface area contributed by atoms with Crippen molar-refractivity contribution in [2.24, 2.45) is 0 Å². The third-order valence-electron chi connectivity index (χ3n) is 2.31. The second kappa shape index (κ2) is 3.70. The number of nitrogens with one attached hydrogen (secondary N) is 1. The van der Waals surface area contributed by atoms with Crippen LogP contribution in [0.1, 0.15) is 25.6 Å². The number of benzene rings is 1. The first-order chi connectivity index (χ1) is 6.81. The van der Waals surface area contributed by atoms with Crippen molar-refractivity contribution in [2.45, 2.75) is 26.2 Å². The van der Waals surface area contributed by atoms with E-state index in [-0.39, 0.29) is 5.75 Å². The summed E-state index contributed by atoms with van der Waals surface area (Å²) in [6, 6.07) is 5.41. The van der Waals surface area contributed by atoms with Crippen LogP contribution in [0.3, 0.4) is 0 Å². The van der Waals surface area contributed by atoms with Gasteiger partial charge in [0.25, 0.3) is 0 Å². The summed E-state index contributed by atoms with van der Waals surface area (Å²) in [5.41, 5.74) is 1.59. The molecule has 0 spiro atoms. The molecule has 0 atom stereocenters. The van der Waals surface area contributed by atoms with Crippen LogP contribution in [0.2, 0.25) is 0 Å². The number of fused-ring (bicyclic) bond motifs is 1. The van der Waals surface area contributed by atoms with Crippen LogP contribution in [-0.4, -0.2) is 15.1 Å². The average Bonchev–Trinajstić information content (AvgIpc) is 2.59. The van der Waals surface area contributed by atoms with Gasteiger partial charge in [0.2, 0.25) is 0 Å². The maximum absolute atomic E-state index is 9.53. The summed E-state index contributed by atoms with van der Waals surface area (Å²) in [6.45, 7) is 2.15. The van der Waals surface area contributed by atoms with Crippen molar-refractivity contribution in [3.8, 4) is 5.75 Å². The van der Waals surface area contributed by atoms with E-state index in [2.05, 4.69) is 16.9 Å². The van der Waals surface area contributed by atoms with Gasteiger partial charge in [0.1, 0.15) is 17.1 Å². The predicted molar refractivity (Wildman–Crippen MR) is 56.4 cm³/mol. The Bertz CT molecular complexity index is 434. The summed E-state index contributed by atoms with van der Waals surface area (Å²) >= 11 is 0. The largest absolute Gasteiger partial charge is 0.506 e. The van der Waals surface area contributed by atoms with Gasteiger partial charge in [-0.1, -0.05) is 19.4 Å². The Labute approximate surface area is 82.8 Å². The van der Waals surface area contributed by atoms with Crippen LogP contribution in [0.5, 0.6) is 5.75 Å². The lowest BCUT2D eigenvalue weighted by atomic mass is 10.2. The topological polar surface area (TPSA) is 48.9 Å². The van der Waals surface area contributed by atoms with Crippen LogP contribution in [0, 0.1) is 0 Å². The van der Waals surface area contributed by atoms with Crippen molar-refractivity contribution in [3.63, 3.8) is 0 Å². The third-order valence-corrected chi connectivity index (χ3v) is 2.31. The molecule has 2 rings (SSSR count). The summed E-state index contributed by atoms with van der Waals surface area (Å²) in [5.74, 6) is 1.21. The molecule has 3 heteroatoms. The highest BCUT2D eigenvalue weighted by molar-refractivity contribution is 5.81. The van der Waals surface area contributed by atoms with Gasteiger partial charge < -0.3 is 10.1 Å². The molecule has 0 aliphatic carbocycles. The smallest absolute Gasteiger partial charge is 0.143 e. The monoisotopic (exact) mass is 190 g/mol. The summed E-state index contributed by atoms with van der Waals surface area (Å²) in [5, 5.41) is 9.53. The fourth-order valence-corrected chi connectivity index (χ4v) is 1.53. The van der Waals surface area contributed by atoms with Crippen LogP contribution in [-0.2, 0) is 6.42 Å². The van der Waals surface area contributed by atoms with Gasteiger partial charge in [-0.2, -0.15) is 0 Å². The van der Waals surface area contributed by atoms with Gasteiger partial charge >= 0.3 is 0 Å². The molecule has 1 aromatic heterocycles. The zero-order valence-corrected chi connectivity index (χ0v) is 8.25. The number of aromatic amines is 1. The summed E-state index contributed by atoms with van der Waals surface area (Å²) in [7, 11) is 0. The minimum atomic E-state index is 0.251. The summed E-state index contributed by atoms with van der Waals surface area (Å²) in [6.07, 6.45) is 3.23. The van der Waals surface area contributed by atoms with E-state index in [1.54, 1.807) is 6.07 Å². The average molecular weight is 190 g/mol. The van der Waals surface area contributed by atoms with Crippen molar-refractivity contribution < 1.29 is 5.11 Å². The Balaban J connectivity index is 2.36. The SMILES string of the molecule is CCCCc1nc2c(O)cccc2[nH]1. The number of phenols is 1. The number of unbranched alkanes of at least 4 members (excludes halogenated alkanes) is 1. The third kappa shape index (κ3) is 1.58. The number of hydrogen-bond acceptors (Lipinski definition) is 2. The zero-order valence-electron chi connectivity index (χ0n) is 8.25. The van der Waals surface area contributed by atoms with Crippen molar-refractivity contribution >= 4 is 11.0 Å². The molecule has 0 fully saturated rings. The second-order valence-electron chi connectivity index (χ2n) is 3.46. The first kappa shape index (κ1) is 9.06. The number of aromatic hydroxyl groups is 1. The molecule has 0 unspecified atom stereocenters. The molecule has 3 nitrogen and oxygen atoms in total. The fourth-order valence-electron chi connectivity index (χ4n) is 1.53. The lowest BCUT2D eigenvalue weighted by molar-refractivity contribution is 0.480. The van der Waals surface area contributed by atoms with E-state index in [0.29, 0.717) is 5.52 Å². The van der Waals surface area contributed by atoms with Gasteiger partial charge in [-0.05, 0) is 18.6 Å². The molecular formula is C11H14N2O. The Kier molecular flexibility index (Phi) is 2.39. The molecule has 1 heterocycles. The lowest BCUT2D eigenvalue weighted by Crippen LogP contribution is -1.86. The number of phenolic OH excluding ortho intramolecular Hbond substituents is 1. The Morgan fingerprint density at radius 3 is 3.00 bits per heavy atom. The van der Waals surface area contributed by atoms with E-state index in [1.807, 2.05) is 12.1 Å². The van der Waals surface area contributed by atoms with E-state index in [0.717, 1.165) is 30.6 Å². The quantitative estimate of drug-likeness (QED) is 0.781. The predicted octanol–water partition coefficient (Wildman–Crippen LogP) is 2.61. The molecule has 0 bridgehead atoms. The molecule has 0 amide bonds. The van der Waals surface area contributed by atoms with Crippen molar-refractivity contribution in [1.82, 2.24) is 9.97 Å². The van der Waals surface area contributed by atoms with E-state index in [4.69, 9.17) is 0 Å². The number of imidazole rings is 1. The highest BCUT2D eigenvalue weighted by Gasteiger charge is 2.05. The zero-order chi connectivity index (χ0) is 9.97. The fraction of sp³-hybridized carbons (Fsp3) is 0.364. The Morgan fingerprint density at radius 1 is 1.43 bits per heavy atom. The number of aromatic nitrogens is 2. The minimum Gasteiger partial charge on any atom is -0.506 e. The van der Waals surface area contributed by atoms with E-state index in [1.165, 1.54) is 0 Å². The molecule has 0 radical (unpaired) electrons. The molecule has 1 aromatic carbocycles. The first-order valence-electron chi connectivity index (χ1n) is 4.98.